The van der Waals surface area contributed by atoms with Crippen molar-refractivity contribution in [2.45, 2.75) is 26.0 Å². The zero-order valence-electron chi connectivity index (χ0n) is 11.5. The van der Waals surface area contributed by atoms with Gasteiger partial charge in [-0.1, -0.05) is 0 Å². The molecule has 0 radical (unpaired) electrons. The molecular formula is C14H20N4O. The highest BCUT2D eigenvalue weighted by Gasteiger charge is 2.24. The summed E-state index contributed by atoms with van der Waals surface area (Å²) in [5.74, 6) is 0.919. The van der Waals surface area contributed by atoms with E-state index in [-0.39, 0.29) is 6.10 Å². The highest BCUT2D eigenvalue weighted by molar-refractivity contribution is 5.42. The van der Waals surface area contributed by atoms with E-state index < -0.39 is 0 Å². The Balaban J connectivity index is 1.99. The van der Waals surface area contributed by atoms with E-state index in [0.29, 0.717) is 11.6 Å². The monoisotopic (exact) mass is 260 g/mol. The summed E-state index contributed by atoms with van der Waals surface area (Å²) in [6.07, 6.45) is 1.32. The zero-order valence-corrected chi connectivity index (χ0v) is 11.5. The second-order valence-corrected chi connectivity index (χ2v) is 5.16. The lowest BCUT2D eigenvalue weighted by molar-refractivity contribution is 0.0959. The zero-order chi connectivity index (χ0) is 13.8. The first kappa shape index (κ1) is 13.8. The summed E-state index contributed by atoms with van der Waals surface area (Å²) in [7, 11) is 0. The van der Waals surface area contributed by atoms with Gasteiger partial charge in [0.2, 0.25) is 0 Å². The van der Waals surface area contributed by atoms with Crippen LogP contribution in [-0.4, -0.2) is 53.3 Å². The van der Waals surface area contributed by atoms with Crippen molar-refractivity contribution in [2.24, 2.45) is 0 Å². The number of pyridine rings is 1. The molecule has 19 heavy (non-hydrogen) atoms. The first-order chi connectivity index (χ1) is 9.10. The third-order valence-electron chi connectivity index (χ3n) is 3.46. The fraction of sp³-hybridized carbons (Fsp3) is 0.571. The Labute approximate surface area is 114 Å². The molecule has 1 fully saturated rings. The molecule has 2 heterocycles. The standard InChI is InChI=1S/C14H20N4O/c1-11-9-18(6-5-17(11)10-12(2)19)14-4-3-13(7-15)8-16-14/h3-4,8,11-12,19H,5-6,9-10H2,1-2H3. The van der Waals surface area contributed by atoms with Crippen molar-refractivity contribution in [1.82, 2.24) is 9.88 Å². The minimum Gasteiger partial charge on any atom is -0.392 e. The van der Waals surface area contributed by atoms with Gasteiger partial charge in [0.05, 0.1) is 11.7 Å². The van der Waals surface area contributed by atoms with Gasteiger partial charge in [-0.15, -0.1) is 0 Å². The number of nitriles is 1. The van der Waals surface area contributed by atoms with Crippen LogP contribution in [0.5, 0.6) is 0 Å². The fourth-order valence-corrected chi connectivity index (χ4v) is 2.45. The summed E-state index contributed by atoms with van der Waals surface area (Å²) in [6, 6.07) is 6.17. The second-order valence-electron chi connectivity index (χ2n) is 5.16. The highest BCUT2D eigenvalue weighted by atomic mass is 16.3. The predicted molar refractivity (Wildman–Crippen MR) is 73.9 cm³/mol. The molecule has 0 aromatic carbocycles. The molecule has 5 heteroatoms. The van der Waals surface area contributed by atoms with E-state index in [1.54, 1.807) is 12.3 Å². The molecule has 0 saturated carbocycles. The van der Waals surface area contributed by atoms with E-state index in [0.717, 1.165) is 32.0 Å². The summed E-state index contributed by atoms with van der Waals surface area (Å²) in [6.45, 7) is 7.42. The Morgan fingerprint density at radius 3 is 2.84 bits per heavy atom. The SMILES string of the molecule is CC(O)CN1CCN(c2ccc(C#N)cn2)CC1C. The van der Waals surface area contributed by atoms with Crippen molar-refractivity contribution in [2.75, 3.05) is 31.1 Å². The maximum Gasteiger partial charge on any atom is 0.128 e. The Morgan fingerprint density at radius 1 is 1.53 bits per heavy atom. The number of anilines is 1. The summed E-state index contributed by atoms with van der Waals surface area (Å²) >= 11 is 0. The van der Waals surface area contributed by atoms with Crippen LogP contribution in [0.4, 0.5) is 5.82 Å². The van der Waals surface area contributed by atoms with Crippen molar-refractivity contribution in [1.29, 1.82) is 5.26 Å². The molecule has 1 saturated heterocycles. The number of aliphatic hydroxyl groups excluding tert-OH is 1. The van der Waals surface area contributed by atoms with Gasteiger partial charge in [-0.2, -0.15) is 5.26 Å². The van der Waals surface area contributed by atoms with Crippen LogP contribution in [0.15, 0.2) is 18.3 Å². The molecule has 2 rings (SSSR count). The number of nitrogens with zero attached hydrogens (tertiary/aromatic N) is 4. The van der Waals surface area contributed by atoms with E-state index >= 15 is 0 Å². The van der Waals surface area contributed by atoms with Crippen molar-refractivity contribution in [3.05, 3.63) is 23.9 Å². The van der Waals surface area contributed by atoms with Gasteiger partial charge < -0.3 is 10.0 Å². The van der Waals surface area contributed by atoms with Crippen LogP contribution in [0, 0.1) is 11.3 Å². The first-order valence-electron chi connectivity index (χ1n) is 6.63. The molecule has 2 unspecified atom stereocenters. The number of hydrogen-bond acceptors (Lipinski definition) is 5. The van der Waals surface area contributed by atoms with Crippen LogP contribution in [-0.2, 0) is 0 Å². The summed E-state index contributed by atoms with van der Waals surface area (Å²) in [4.78, 5) is 8.85. The average molecular weight is 260 g/mol. The van der Waals surface area contributed by atoms with Crippen LogP contribution in [0.2, 0.25) is 0 Å². The molecular weight excluding hydrogens is 240 g/mol. The maximum atomic E-state index is 9.46. The Hall–Kier alpha value is -1.64. The number of aromatic nitrogens is 1. The predicted octanol–water partition coefficient (Wildman–Crippen LogP) is 0.845. The fourth-order valence-electron chi connectivity index (χ4n) is 2.45. The van der Waals surface area contributed by atoms with Gasteiger partial charge in [-0.05, 0) is 26.0 Å². The summed E-state index contributed by atoms with van der Waals surface area (Å²) in [5, 5.41) is 18.2. The minimum atomic E-state index is -0.290. The van der Waals surface area contributed by atoms with Crippen molar-refractivity contribution < 1.29 is 5.11 Å². The highest BCUT2D eigenvalue weighted by Crippen LogP contribution is 2.17. The van der Waals surface area contributed by atoms with E-state index in [4.69, 9.17) is 5.26 Å². The summed E-state index contributed by atoms with van der Waals surface area (Å²) in [5.41, 5.74) is 0.588. The molecule has 0 amide bonds. The number of β-amino-alcohol motifs (C(OH)–C–C–N with tert-alkyl or cyclic N) is 1. The smallest absolute Gasteiger partial charge is 0.128 e. The number of piperazine rings is 1. The lowest BCUT2D eigenvalue weighted by atomic mass is 10.1. The minimum absolute atomic E-state index is 0.290. The van der Waals surface area contributed by atoms with Gasteiger partial charge in [-0.25, -0.2) is 4.98 Å². The molecule has 1 aliphatic heterocycles. The van der Waals surface area contributed by atoms with Crippen LogP contribution in [0.3, 0.4) is 0 Å². The average Bonchev–Trinajstić information content (AvgIpc) is 2.41. The van der Waals surface area contributed by atoms with Crippen LogP contribution in [0.1, 0.15) is 19.4 Å². The molecule has 0 bridgehead atoms. The van der Waals surface area contributed by atoms with E-state index in [2.05, 4.69) is 27.8 Å². The number of rotatable bonds is 3. The first-order valence-corrected chi connectivity index (χ1v) is 6.63. The van der Waals surface area contributed by atoms with Crippen LogP contribution >= 0.6 is 0 Å². The molecule has 0 aliphatic carbocycles. The van der Waals surface area contributed by atoms with Crippen molar-refractivity contribution >= 4 is 5.82 Å². The van der Waals surface area contributed by atoms with Crippen LogP contribution < -0.4 is 4.90 Å². The third-order valence-corrected chi connectivity index (χ3v) is 3.46. The Morgan fingerprint density at radius 2 is 2.32 bits per heavy atom. The van der Waals surface area contributed by atoms with Crippen LogP contribution in [0.25, 0.3) is 0 Å². The Bertz CT molecular complexity index is 452. The topological polar surface area (TPSA) is 63.4 Å². The summed E-state index contributed by atoms with van der Waals surface area (Å²) < 4.78 is 0. The molecule has 1 N–H and O–H groups in total. The molecule has 0 spiro atoms. The van der Waals surface area contributed by atoms with E-state index in [9.17, 15) is 5.11 Å². The lowest BCUT2D eigenvalue weighted by Crippen LogP contribution is -2.53. The molecule has 1 aliphatic rings. The van der Waals surface area contributed by atoms with Crippen molar-refractivity contribution in [3.8, 4) is 6.07 Å². The van der Waals surface area contributed by atoms with E-state index in [1.807, 2.05) is 13.0 Å². The molecule has 2 atom stereocenters. The van der Waals surface area contributed by atoms with Gasteiger partial charge in [0.1, 0.15) is 11.9 Å². The second kappa shape index (κ2) is 6.00. The van der Waals surface area contributed by atoms with Gasteiger partial charge in [-0.3, -0.25) is 4.90 Å². The molecule has 1 aromatic rings. The number of aliphatic hydroxyl groups is 1. The van der Waals surface area contributed by atoms with Gasteiger partial charge in [0.25, 0.3) is 0 Å². The Kier molecular flexibility index (Phi) is 4.35. The van der Waals surface area contributed by atoms with Gasteiger partial charge >= 0.3 is 0 Å². The number of hydrogen-bond donors (Lipinski definition) is 1. The van der Waals surface area contributed by atoms with E-state index in [1.165, 1.54) is 0 Å². The quantitative estimate of drug-likeness (QED) is 0.872. The third kappa shape index (κ3) is 3.43. The maximum absolute atomic E-state index is 9.46. The van der Waals surface area contributed by atoms with Crippen molar-refractivity contribution in [3.63, 3.8) is 0 Å². The normalized spacial score (nSPS) is 22.0. The molecule has 102 valence electrons. The molecule has 1 aromatic heterocycles. The van der Waals surface area contributed by atoms with Gasteiger partial charge in [0.15, 0.2) is 0 Å². The molecule has 5 nitrogen and oxygen atoms in total. The van der Waals surface area contributed by atoms with Gasteiger partial charge in [0, 0.05) is 38.4 Å². The largest absolute Gasteiger partial charge is 0.392 e. The lowest BCUT2D eigenvalue weighted by Gasteiger charge is -2.40.